The summed E-state index contributed by atoms with van der Waals surface area (Å²) in [5.74, 6) is 0.956. The van der Waals surface area contributed by atoms with Gasteiger partial charge in [-0.1, -0.05) is 31.2 Å². The Morgan fingerprint density at radius 1 is 1.05 bits per heavy atom. The lowest BCUT2D eigenvalue weighted by Gasteiger charge is -2.10. The molecule has 0 unspecified atom stereocenters. The molecule has 0 fully saturated rings. The highest BCUT2D eigenvalue weighted by Gasteiger charge is 1.99. The molecule has 0 aliphatic heterocycles. The molecule has 0 bridgehead atoms. The number of ether oxygens (including phenoxy) is 1. The number of aryl methyl sites for hydroxylation is 2. The van der Waals surface area contributed by atoms with Crippen molar-refractivity contribution in [3.05, 3.63) is 59.7 Å². The van der Waals surface area contributed by atoms with Crippen molar-refractivity contribution < 1.29 is 4.74 Å². The fourth-order valence-electron chi connectivity index (χ4n) is 2.04. The highest BCUT2D eigenvalue weighted by Crippen LogP contribution is 2.17. The molecule has 0 radical (unpaired) electrons. The molecule has 0 saturated heterocycles. The molecule has 2 heteroatoms. The lowest BCUT2D eigenvalue weighted by atomic mass is 10.1. The fourth-order valence-corrected chi connectivity index (χ4v) is 2.04. The summed E-state index contributed by atoms with van der Waals surface area (Å²) < 4.78 is 5.76. The number of rotatable bonds is 6. The molecule has 2 rings (SSSR count). The Morgan fingerprint density at radius 2 is 1.84 bits per heavy atom. The quantitative estimate of drug-likeness (QED) is 0.786. The topological polar surface area (TPSA) is 21.3 Å². The van der Waals surface area contributed by atoms with E-state index in [2.05, 4.69) is 43.4 Å². The minimum Gasteiger partial charge on any atom is -0.492 e. The van der Waals surface area contributed by atoms with Crippen LogP contribution in [0, 0.1) is 6.92 Å². The van der Waals surface area contributed by atoms with Gasteiger partial charge in [-0.05, 0) is 48.7 Å². The fraction of sp³-hybridized carbons (Fsp3) is 0.294. The molecule has 100 valence electrons. The van der Waals surface area contributed by atoms with E-state index in [1.165, 1.54) is 11.1 Å². The summed E-state index contributed by atoms with van der Waals surface area (Å²) in [4.78, 5) is 0. The predicted molar refractivity (Wildman–Crippen MR) is 81.0 cm³/mol. The van der Waals surface area contributed by atoms with E-state index in [0.717, 1.165) is 24.4 Å². The molecule has 0 aromatic heterocycles. The van der Waals surface area contributed by atoms with Crippen molar-refractivity contribution in [1.29, 1.82) is 0 Å². The van der Waals surface area contributed by atoms with Crippen LogP contribution >= 0.6 is 0 Å². The predicted octanol–water partition coefficient (Wildman–Crippen LogP) is 4.05. The molecule has 19 heavy (non-hydrogen) atoms. The second-order valence-electron chi connectivity index (χ2n) is 4.58. The zero-order chi connectivity index (χ0) is 13.5. The molecule has 0 saturated carbocycles. The van der Waals surface area contributed by atoms with Crippen LogP contribution in [0.4, 0.5) is 5.69 Å². The van der Waals surface area contributed by atoms with E-state index in [-0.39, 0.29) is 0 Å². The molecule has 0 atom stereocenters. The highest BCUT2D eigenvalue weighted by molar-refractivity contribution is 5.42. The molecule has 2 aromatic rings. The minimum atomic E-state index is 0.668. The summed E-state index contributed by atoms with van der Waals surface area (Å²) in [6.07, 6.45) is 1.05. The van der Waals surface area contributed by atoms with Crippen LogP contribution in [0.1, 0.15) is 18.1 Å². The molecule has 2 aromatic carbocycles. The van der Waals surface area contributed by atoms with Crippen LogP contribution in [0.5, 0.6) is 5.75 Å². The number of benzene rings is 2. The second kappa shape index (κ2) is 6.83. The van der Waals surface area contributed by atoms with E-state index in [0.29, 0.717) is 6.61 Å². The van der Waals surface area contributed by atoms with Crippen molar-refractivity contribution in [3.8, 4) is 5.75 Å². The van der Waals surface area contributed by atoms with Gasteiger partial charge in [-0.3, -0.25) is 0 Å². The maximum Gasteiger partial charge on any atom is 0.119 e. The Morgan fingerprint density at radius 3 is 2.58 bits per heavy atom. The van der Waals surface area contributed by atoms with Crippen molar-refractivity contribution in [2.75, 3.05) is 18.5 Å². The second-order valence-corrected chi connectivity index (χ2v) is 4.58. The SMILES string of the molecule is CCc1cc(OCCNc2ccccc2)ccc1C. The molecule has 0 aliphatic carbocycles. The standard InChI is InChI=1S/C17H21NO/c1-3-15-13-17(10-9-14(15)2)19-12-11-18-16-7-5-4-6-8-16/h4-10,13,18H,3,11-12H2,1-2H3. The number of anilines is 1. The normalized spacial score (nSPS) is 10.2. The minimum absolute atomic E-state index is 0.668. The molecule has 1 N–H and O–H groups in total. The third-order valence-electron chi connectivity index (χ3n) is 3.18. The van der Waals surface area contributed by atoms with E-state index < -0.39 is 0 Å². The van der Waals surface area contributed by atoms with Crippen molar-refractivity contribution >= 4 is 5.69 Å². The van der Waals surface area contributed by atoms with Crippen LogP contribution in [0.25, 0.3) is 0 Å². The van der Waals surface area contributed by atoms with Crippen molar-refractivity contribution in [1.82, 2.24) is 0 Å². The van der Waals surface area contributed by atoms with Gasteiger partial charge in [-0.25, -0.2) is 0 Å². The van der Waals surface area contributed by atoms with Gasteiger partial charge in [0.1, 0.15) is 12.4 Å². The smallest absolute Gasteiger partial charge is 0.119 e. The first-order valence-electron chi connectivity index (χ1n) is 6.81. The van der Waals surface area contributed by atoms with Gasteiger partial charge in [0, 0.05) is 12.2 Å². The zero-order valence-electron chi connectivity index (χ0n) is 11.6. The molecule has 2 nitrogen and oxygen atoms in total. The molecule has 0 heterocycles. The first-order chi connectivity index (χ1) is 9.29. The average molecular weight is 255 g/mol. The maximum absolute atomic E-state index is 5.76. The van der Waals surface area contributed by atoms with Gasteiger partial charge in [-0.2, -0.15) is 0 Å². The van der Waals surface area contributed by atoms with Gasteiger partial charge in [-0.15, -0.1) is 0 Å². The molecular weight excluding hydrogens is 234 g/mol. The number of hydrogen-bond acceptors (Lipinski definition) is 2. The van der Waals surface area contributed by atoms with Crippen molar-refractivity contribution in [3.63, 3.8) is 0 Å². The van der Waals surface area contributed by atoms with E-state index in [1.807, 2.05) is 24.3 Å². The Balaban J connectivity index is 1.80. The van der Waals surface area contributed by atoms with Crippen LogP contribution < -0.4 is 10.1 Å². The molecular formula is C17H21NO. The van der Waals surface area contributed by atoms with Gasteiger partial charge in [0.15, 0.2) is 0 Å². The van der Waals surface area contributed by atoms with E-state index in [9.17, 15) is 0 Å². The van der Waals surface area contributed by atoms with Gasteiger partial charge < -0.3 is 10.1 Å². The Bertz CT molecular complexity index is 508. The van der Waals surface area contributed by atoms with Gasteiger partial charge in [0.2, 0.25) is 0 Å². The molecule has 0 aliphatic rings. The van der Waals surface area contributed by atoms with Crippen molar-refractivity contribution in [2.45, 2.75) is 20.3 Å². The summed E-state index contributed by atoms with van der Waals surface area (Å²) in [5, 5.41) is 3.33. The van der Waals surface area contributed by atoms with E-state index in [1.54, 1.807) is 0 Å². The lowest BCUT2D eigenvalue weighted by molar-refractivity contribution is 0.332. The Kier molecular flexibility index (Phi) is 4.85. The van der Waals surface area contributed by atoms with Crippen LogP contribution in [-0.4, -0.2) is 13.2 Å². The summed E-state index contributed by atoms with van der Waals surface area (Å²) in [5.41, 5.74) is 3.81. The largest absolute Gasteiger partial charge is 0.492 e. The number of hydrogen-bond donors (Lipinski definition) is 1. The first kappa shape index (κ1) is 13.5. The third kappa shape index (κ3) is 4.02. The first-order valence-corrected chi connectivity index (χ1v) is 6.81. The number of nitrogens with one attached hydrogen (secondary N) is 1. The third-order valence-corrected chi connectivity index (χ3v) is 3.18. The molecule has 0 spiro atoms. The Hall–Kier alpha value is -1.96. The lowest BCUT2D eigenvalue weighted by Crippen LogP contribution is -2.11. The van der Waals surface area contributed by atoms with Crippen LogP contribution in [0.15, 0.2) is 48.5 Å². The van der Waals surface area contributed by atoms with Gasteiger partial charge in [0.05, 0.1) is 0 Å². The van der Waals surface area contributed by atoms with Crippen LogP contribution in [0.2, 0.25) is 0 Å². The van der Waals surface area contributed by atoms with E-state index >= 15 is 0 Å². The number of para-hydroxylation sites is 1. The van der Waals surface area contributed by atoms with Gasteiger partial charge in [0.25, 0.3) is 0 Å². The van der Waals surface area contributed by atoms with Crippen LogP contribution in [-0.2, 0) is 6.42 Å². The summed E-state index contributed by atoms with van der Waals surface area (Å²) in [6, 6.07) is 16.5. The van der Waals surface area contributed by atoms with Crippen LogP contribution in [0.3, 0.4) is 0 Å². The summed E-state index contributed by atoms with van der Waals surface area (Å²) in [7, 11) is 0. The molecule has 0 amide bonds. The van der Waals surface area contributed by atoms with Crippen molar-refractivity contribution in [2.24, 2.45) is 0 Å². The maximum atomic E-state index is 5.76. The highest BCUT2D eigenvalue weighted by atomic mass is 16.5. The summed E-state index contributed by atoms with van der Waals surface area (Å²) in [6.45, 7) is 5.78. The summed E-state index contributed by atoms with van der Waals surface area (Å²) >= 11 is 0. The average Bonchev–Trinajstić information content (AvgIpc) is 2.46. The van der Waals surface area contributed by atoms with Gasteiger partial charge >= 0.3 is 0 Å². The monoisotopic (exact) mass is 255 g/mol. The van der Waals surface area contributed by atoms with E-state index in [4.69, 9.17) is 4.74 Å². The Labute approximate surface area is 115 Å². The zero-order valence-corrected chi connectivity index (χ0v) is 11.6.